The van der Waals surface area contributed by atoms with E-state index in [1.54, 1.807) is 13.0 Å². The van der Waals surface area contributed by atoms with Crippen molar-refractivity contribution in [1.29, 1.82) is 5.41 Å². The molecular weight excluding hydrogens is 194 g/mol. The Bertz CT molecular complexity index is 190. The molecule has 2 nitrogen and oxygen atoms in total. The summed E-state index contributed by atoms with van der Waals surface area (Å²) in [6.45, 7) is 3.41. The molecule has 0 aliphatic rings. The summed E-state index contributed by atoms with van der Waals surface area (Å²) in [5.74, 6) is 0.247. The monoisotopic (exact) mass is 203 g/mol. The van der Waals surface area contributed by atoms with Gasteiger partial charge in [-0.2, -0.15) is 0 Å². The number of aliphatic hydroxyl groups is 1. The molecule has 0 aliphatic heterocycles. The topological polar surface area (TPSA) is 44.1 Å². The first kappa shape index (κ1) is 9.43. The molecule has 3 heteroatoms. The second-order valence-electron chi connectivity index (χ2n) is 1.96. The molecule has 0 saturated carbocycles. The van der Waals surface area contributed by atoms with Crippen LogP contribution >= 0.6 is 15.9 Å². The molecule has 0 unspecified atom stereocenters. The van der Waals surface area contributed by atoms with Crippen LogP contribution in [0.4, 0.5) is 0 Å². The molecule has 0 aromatic carbocycles. The Kier molecular flexibility index (Phi) is 4.03. The molecule has 56 valence electrons. The van der Waals surface area contributed by atoms with Crippen molar-refractivity contribution in [3.8, 4) is 0 Å². The minimum Gasteiger partial charge on any atom is -0.513 e. The molecule has 10 heavy (non-hydrogen) atoms. The quantitative estimate of drug-likeness (QED) is 0.405. The standard InChI is InChI=1S/C7H10BrNO/c1-5(3-6(2)10)7(8)4-9/h3-4,9-10H,1-2H3/b6-3+,7-5+,9-4?. The first-order valence-electron chi connectivity index (χ1n) is 2.82. The Balaban J connectivity index is 4.48. The molecule has 2 N–H and O–H groups in total. The molecule has 0 amide bonds. The number of nitrogens with one attached hydrogen (secondary N) is 1. The van der Waals surface area contributed by atoms with Crippen LogP contribution in [-0.4, -0.2) is 11.3 Å². The zero-order chi connectivity index (χ0) is 8.15. The fraction of sp³-hybridized carbons (Fsp3) is 0.286. The molecule has 0 spiro atoms. The Morgan fingerprint density at radius 2 is 2.00 bits per heavy atom. The maximum atomic E-state index is 8.80. The summed E-state index contributed by atoms with van der Waals surface area (Å²) in [7, 11) is 0. The highest BCUT2D eigenvalue weighted by atomic mass is 79.9. The van der Waals surface area contributed by atoms with Crippen molar-refractivity contribution in [2.75, 3.05) is 0 Å². The van der Waals surface area contributed by atoms with E-state index in [4.69, 9.17) is 10.5 Å². The van der Waals surface area contributed by atoms with Gasteiger partial charge in [-0.3, -0.25) is 0 Å². The van der Waals surface area contributed by atoms with E-state index in [1.807, 2.05) is 6.92 Å². The van der Waals surface area contributed by atoms with Crippen LogP contribution in [0.15, 0.2) is 21.9 Å². The third kappa shape index (κ3) is 3.45. The molecule has 0 bridgehead atoms. The lowest BCUT2D eigenvalue weighted by Crippen LogP contribution is -1.79. The largest absolute Gasteiger partial charge is 0.513 e. The predicted octanol–water partition coefficient (Wildman–Crippen LogP) is 2.77. The molecule has 0 radical (unpaired) electrons. The Labute approximate surface area is 68.9 Å². The molecule has 0 saturated heterocycles. The van der Waals surface area contributed by atoms with Gasteiger partial charge in [-0.15, -0.1) is 0 Å². The van der Waals surface area contributed by atoms with Crippen LogP contribution in [-0.2, 0) is 0 Å². The third-order valence-electron chi connectivity index (χ3n) is 0.929. The number of hydrogen-bond donors (Lipinski definition) is 2. The third-order valence-corrected chi connectivity index (χ3v) is 1.78. The SMILES string of the molecule is C/C(O)=C\C(C)=C(\Br)C=N. The maximum absolute atomic E-state index is 8.80. The number of aliphatic hydroxyl groups excluding tert-OH is 1. The Morgan fingerprint density at radius 3 is 2.30 bits per heavy atom. The normalized spacial score (nSPS) is 14.5. The zero-order valence-corrected chi connectivity index (χ0v) is 7.57. The van der Waals surface area contributed by atoms with Crippen LogP contribution in [0.1, 0.15) is 13.8 Å². The average molecular weight is 204 g/mol. The molecule has 0 aromatic heterocycles. The lowest BCUT2D eigenvalue weighted by atomic mass is 10.2. The van der Waals surface area contributed by atoms with Crippen LogP contribution in [0.5, 0.6) is 0 Å². The van der Waals surface area contributed by atoms with E-state index >= 15 is 0 Å². The molecule has 0 atom stereocenters. The van der Waals surface area contributed by atoms with Gasteiger partial charge in [-0.25, -0.2) is 0 Å². The molecule has 0 aliphatic carbocycles. The van der Waals surface area contributed by atoms with Crippen molar-refractivity contribution in [3.05, 3.63) is 21.9 Å². The number of rotatable bonds is 2. The first-order valence-corrected chi connectivity index (χ1v) is 3.61. The summed E-state index contributed by atoms with van der Waals surface area (Å²) in [4.78, 5) is 0. The van der Waals surface area contributed by atoms with Gasteiger partial charge in [0.1, 0.15) is 0 Å². The fourth-order valence-corrected chi connectivity index (χ4v) is 0.611. The summed E-state index contributed by atoms with van der Waals surface area (Å²) in [6, 6.07) is 0. The molecule has 0 fully saturated rings. The van der Waals surface area contributed by atoms with E-state index in [9.17, 15) is 0 Å². The van der Waals surface area contributed by atoms with Crippen LogP contribution in [0.3, 0.4) is 0 Å². The average Bonchev–Trinajstić information content (AvgIpc) is 1.85. The van der Waals surface area contributed by atoms with Gasteiger partial charge in [0.2, 0.25) is 0 Å². The molecular formula is C7H10BrNO. The van der Waals surface area contributed by atoms with Crippen molar-refractivity contribution in [2.24, 2.45) is 0 Å². The summed E-state index contributed by atoms with van der Waals surface area (Å²) >= 11 is 3.15. The number of hydrogen-bond acceptors (Lipinski definition) is 2. The van der Waals surface area contributed by atoms with Crippen LogP contribution in [0.2, 0.25) is 0 Å². The lowest BCUT2D eigenvalue weighted by Gasteiger charge is -1.93. The van der Waals surface area contributed by atoms with Crippen molar-refractivity contribution < 1.29 is 5.11 Å². The minimum absolute atomic E-state index is 0.247. The second kappa shape index (κ2) is 4.28. The van der Waals surface area contributed by atoms with Gasteiger partial charge in [0.15, 0.2) is 0 Å². The molecule has 0 rings (SSSR count). The highest BCUT2D eigenvalue weighted by Crippen LogP contribution is 2.10. The smallest absolute Gasteiger partial charge is 0.0894 e. The summed E-state index contributed by atoms with van der Waals surface area (Å²) in [5, 5.41) is 15.6. The van der Waals surface area contributed by atoms with Crippen molar-refractivity contribution in [1.82, 2.24) is 0 Å². The van der Waals surface area contributed by atoms with Gasteiger partial charge in [-0.1, -0.05) is 0 Å². The van der Waals surface area contributed by atoms with E-state index in [1.165, 1.54) is 6.21 Å². The number of allylic oxidation sites excluding steroid dienone is 4. The van der Waals surface area contributed by atoms with E-state index in [2.05, 4.69) is 15.9 Å². The Morgan fingerprint density at radius 1 is 1.50 bits per heavy atom. The van der Waals surface area contributed by atoms with Gasteiger partial charge in [-0.05, 0) is 41.4 Å². The molecule has 0 aromatic rings. The highest BCUT2D eigenvalue weighted by Gasteiger charge is 1.91. The van der Waals surface area contributed by atoms with E-state index < -0.39 is 0 Å². The fourth-order valence-electron chi connectivity index (χ4n) is 0.496. The maximum Gasteiger partial charge on any atom is 0.0894 e. The zero-order valence-electron chi connectivity index (χ0n) is 5.98. The van der Waals surface area contributed by atoms with Crippen LogP contribution < -0.4 is 0 Å². The van der Waals surface area contributed by atoms with Gasteiger partial charge in [0.25, 0.3) is 0 Å². The highest BCUT2D eigenvalue weighted by molar-refractivity contribution is 9.12. The van der Waals surface area contributed by atoms with Gasteiger partial charge < -0.3 is 10.5 Å². The first-order chi connectivity index (χ1) is 4.57. The number of halogens is 1. The second-order valence-corrected chi connectivity index (χ2v) is 2.82. The molecule has 0 heterocycles. The van der Waals surface area contributed by atoms with Gasteiger partial charge >= 0.3 is 0 Å². The lowest BCUT2D eigenvalue weighted by molar-refractivity contribution is 0.414. The van der Waals surface area contributed by atoms with E-state index in [-0.39, 0.29) is 5.76 Å². The van der Waals surface area contributed by atoms with Crippen molar-refractivity contribution in [2.45, 2.75) is 13.8 Å². The van der Waals surface area contributed by atoms with Crippen molar-refractivity contribution in [3.63, 3.8) is 0 Å². The minimum atomic E-state index is 0.247. The van der Waals surface area contributed by atoms with Crippen molar-refractivity contribution >= 4 is 22.1 Å². The summed E-state index contributed by atoms with van der Waals surface area (Å²) in [5.41, 5.74) is 0.843. The van der Waals surface area contributed by atoms with E-state index in [0.717, 1.165) is 5.57 Å². The predicted molar refractivity (Wildman–Crippen MR) is 46.8 cm³/mol. The van der Waals surface area contributed by atoms with Crippen LogP contribution in [0.25, 0.3) is 0 Å². The van der Waals surface area contributed by atoms with E-state index in [0.29, 0.717) is 4.48 Å². The van der Waals surface area contributed by atoms with Gasteiger partial charge in [0.05, 0.1) is 5.76 Å². The van der Waals surface area contributed by atoms with Crippen LogP contribution in [0, 0.1) is 5.41 Å². The summed E-state index contributed by atoms with van der Waals surface area (Å²) in [6.07, 6.45) is 2.78. The van der Waals surface area contributed by atoms with Gasteiger partial charge in [0, 0.05) is 10.7 Å². The summed E-state index contributed by atoms with van der Waals surface area (Å²) < 4.78 is 0.681. The Hall–Kier alpha value is -0.570.